The number of thioether (sulfide) groups is 1. The lowest BCUT2D eigenvalue weighted by molar-refractivity contribution is 0.0800. The molecule has 0 spiro atoms. The van der Waals surface area contributed by atoms with Crippen LogP contribution in [0.15, 0.2) is 46.9 Å². The van der Waals surface area contributed by atoms with Gasteiger partial charge in [0.1, 0.15) is 0 Å². The van der Waals surface area contributed by atoms with Crippen molar-refractivity contribution in [3.05, 3.63) is 46.9 Å². The molecule has 0 radical (unpaired) electrons. The molecule has 0 unspecified atom stereocenters. The van der Waals surface area contributed by atoms with Gasteiger partial charge >= 0.3 is 0 Å². The third kappa shape index (κ3) is 4.36. The van der Waals surface area contributed by atoms with Crippen LogP contribution in [-0.2, 0) is 0 Å². The molecule has 1 amide bonds. The Kier molecular flexibility index (Phi) is 5.42. The van der Waals surface area contributed by atoms with Gasteiger partial charge in [-0.15, -0.1) is 23.1 Å². The Hall–Kier alpha value is -1.33. The van der Waals surface area contributed by atoms with Crippen LogP contribution >= 0.6 is 23.1 Å². The number of amides is 1. The lowest BCUT2D eigenvalue weighted by Gasteiger charge is -2.15. The van der Waals surface area contributed by atoms with Gasteiger partial charge in [0.25, 0.3) is 5.91 Å². The van der Waals surface area contributed by atoms with Crippen LogP contribution in [-0.4, -0.2) is 35.1 Å². The summed E-state index contributed by atoms with van der Waals surface area (Å²) in [6, 6.07) is 7.79. The summed E-state index contributed by atoms with van der Waals surface area (Å²) in [5.74, 6) is 1.12. The second kappa shape index (κ2) is 7.31. The van der Waals surface area contributed by atoms with Gasteiger partial charge in [-0.3, -0.25) is 9.78 Å². The normalized spacial score (nSPS) is 10.4. The Bertz CT molecular complexity index is 499. The number of nitrogens with zero attached hydrogens (tertiary/aromatic N) is 2. The van der Waals surface area contributed by atoms with Gasteiger partial charge in [-0.1, -0.05) is 6.07 Å². The van der Waals surface area contributed by atoms with E-state index in [1.54, 1.807) is 29.1 Å². The minimum absolute atomic E-state index is 0.115. The first-order valence-corrected chi connectivity index (χ1v) is 7.95. The standard InChI is InChI=1S/C14H16N2OS2/c1-16(14(17)13-4-2-10-19-13)9-3-11-18-12-5-7-15-8-6-12/h2,4-8,10H,3,9,11H2,1H3. The van der Waals surface area contributed by atoms with Crippen molar-refractivity contribution in [2.75, 3.05) is 19.3 Å². The van der Waals surface area contributed by atoms with Crippen molar-refractivity contribution in [1.82, 2.24) is 9.88 Å². The fraction of sp³-hybridized carbons (Fsp3) is 0.286. The topological polar surface area (TPSA) is 33.2 Å². The monoisotopic (exact) mass is 292 g/mol. The minimum atomic E-state index is 0.115. The van der Waals surface area contributed by atoms with Crippen molar-refractivity contribution in [3.8, 4) is 0 Å². The highest BCUT2D eigenvalue weighted by Gasteiger charge is 2.11. The molecule has 0 aliphatic carbocycles. The molecule has 0 saturated carbocycles. The van der Waals surface area contributed by atoms with Crippen LogP contribution in [0.3, 0.4) is 0 Å². The number of aromatic nitrogens is 1. The quantitative estimate of drug-likeness (QED) is 0.604. The van der Waals surface area contributed by atoms with Crippen molar-refractivity contribution in [3.63, 3.8) is 0 Å². The molecular weight excluding hydrogens is 276 g/mol. The second-order valence-corrected chi connectivity index (χ2v) is 6.20. The molecular formula is C14H16N2OS2. The lowest BCUT2D eigenvalue weighted by Crippen LogP contribution is -2.27. The molecule has 19 heavy (non-hydrogen) atoms. The molecule has 2 heterocycles. The van der Waals surface area contributed by atoms with E-state index >= 15 is 0 Å². The Morgan fingerprint density at radius 3 is 2.84 bits per heavy atom. The van der Waals surface area contributed by atoms with Crippen molar-refractivity contribution in [1.29, 1.82) is 0 Å². The second-order valence-electron chi connectivity index (χ2n) is 4.09. The van der Waals surface area contributed by atoms with Crippen LogP contribution in [0.5, 0.6) is 0 Å². The van der Waals surface area contributed by atoms with Gasteiger partial charge in [0, 0.05) is 30.9 Å². The summed E-state index contributed by atoms with van der Waals surface area (Å²) in [7, 11) is 1.86. The Morgan fingerprint density at radius 1 is 1.37 bits per heavy atom. The first-order chi connectivity index (χ1) is 9.27. The predicted molar refractivity (Wildman–Crippen MR) is 80.9 cm³/mol. The van der Waals surface area contributed by atoms with E-state index < -0.39 is 0 Å². The van der Waals surface area contributed by atoms with E-state index in [0.717, 1.165) is 23.6 Å². The largest absolute Gasteiger partial charge is 0.341 e. The molecule has 0 atom stereocenters. The van der Waals surface area contributed by atoms with E-state index in [2.05, 4.69) is 4.98 Å². The maximum atomic E-state index is 12.0. The zero-order chi connectivity index (χ0) is 13.5. The molecule has 0 fully saturated rings. The predicted octanol–water partition coefficient (Wildman–Crippen LogP) is 3.40. The van der Waals surface area contributed by atoms with Crippen molar-refractivity contribution >= 4 is 29.0 Å². The first kappa shape index (κ1) is 14.1. The Morgan fingerprint density at radius 2 is 2.16 bits per heavy atom. The Labute approximate surface area is 121 Å². The van der Waals surface area contributed by atoms with E-state index in [4.69, 9.17) is 0 Å². The molecule has 0 aromatic carbocycles. The smallest absolute Gasteiger partial charge is 0.263 e. The van der Waals surface area contributed by atoms with Crippen LogP contribution in [0.2, 0.25) is 0 Å². The molecule has 2 aromatic rings. The number of hydrogen-bond acceptors (Lipinski definition) is 4. The average molecular weight is 292 g/mol. The minimum Gasteiger partial charge on any atom is -0.341 e. The molecule has 100 valence electrons. The number of pyridine rings is 1. The summed E-state index contributed by atoms with van der Waals surface area (Å²) in [6.45, 7) is 0.787. The fourth-order valence-corrected chi connectivity index (χ4v) is 3.16. The molecule has 2 aromatic heterocycles. The summed E-state index contributed by atoms with van der Waals surface area (Å²) < 4.78 is 0. The van der Waals surface area contributed by atoms with Gasteiger partial charge in [-0.25, -0.2) is 0 Å². The summed E-state index contributed by atoms with van der Waals surface area (Å²) in [4.78, 5) is 19.8. The highest BCUT2D eigenvalue weighted by molar-refractivity contribution is 7.99. The van der Waals surface area contributed by atoms with E-state index in [1.807, 2.05) is 36.7 Å². The summed E-state index contributed by atoms with van der Waals surface area (Å²) in [6.07, 6.45) is 4.59. The van der Waals surface area contributed by atoms with Gasteiger partial charge in [0.05, 0.1) is 4.88 Å². The molecule has 0 bridgehead atoms. The van der Waals surface area contributed by atoms with Crippen LogP contribution in [0.1, 0.15) is 16.1 Å². The van der Waals surface area contributed by atoms with Crippen molar-refractivity contribution in [2.24, 2.45) is 0 Å². The van der Waals surface area contributed by atoms with Crippen LogP contribution < -0.4 is 0 Å². The molecule has 0 aliphatic rings. The van der Waals surface area contributed by atoms with E-state index in [9.17, 15) is 4.79 Å². The van der Waals surface area contributed by atoms with Crippen molar-refractivity contribution < 1.29 is 4.79 Å². The van der Waals surface area contributed by atoms with Crippen LogP contribution in [0.25, 0.3) is 0 Å². The molecule has 0 N–H and O–H groups in total. The summed E-state index contributed by atoms with van der Waals surface area (Å²) >= 11 is 3.29. The number of hydrogen-bond donors (Lipinski definition) is 0. The fourth-order valence-electron chi connectivity index (χ4n) is 1.62. The van der Waals surface area contributed by atoms with Gasteiger partial charge in [0.15, 0.2) is 0 Å². The van der Waals surface area contributed by atoms with Gasteiger partial charge < -0.3 is 4.90 Å². The number of carbonyl (C=O) groups excluding carboxylic acids is 1. The molecule has 0 aliphatic heterocycles. The number of rotatable bonds is 6. The van der Waals surface area contributed by atoms with Gasteiger partial charge in [-0.2, -0.15) is 0 Å². The zero-order valence-corrected chi connectivity index (χ0v) is 12.4. The van der Waals surface area contributed by atoms with E-state index in [1.165, 1.54) is 16.2 Å². The van der Waals surface area contributed by atoms with E-state index in [0.29, 0.717) is 0 Å². The molecule has 3 nitrogen and oxygen atoms in total. The van der Waals surface area contributed by atoms with Gasteiger partial charge in [0.2, 0.25) is 0 Å². The third-order valence-corrected chi connectivity index (χ3v) is 4.59. The lowest BCUT2D eigenvalue weighted by atomic mass is 10.4. The number of carbonyl (C=O) groups is 1. The number of thiophene rings is 1. The molecule has 0 saturated heterocycles. The zero-order valence-electron chi connectivity index (χ0n) is 10.8. The van der Waals surface area contributed by atoms with Crippen molar-refractivity contribution in [2.45, 2.75) is 11.3 Å². The molecule has 5 heteroatoms. The maximum Gasteiger partial charge on any atom is 0.263 e. The van der Waals surface area contributed by atoms with E-state index in [-0.39, 0.29) is 5.91 Å². The van der Waals surface area contributed by atoms with Gasteiger partial charge in [-0.05, 0) is 35.8 Å². The highest BCUT2D eigenvalue weighted by Crippen LogP contribution is 2.17. The molecule has 2 rings (SSSR count). The van der Waals surface area contributed by atoms with Crippen LogP contribution in [0.4, 0.5) is 0 Å². The highest BCUT2D eigenvalue weighted by atomic mass is 32.2. The third-order valence-electron chi connectivity index (χ3n) is 2.63. The average Bonchev–Trinajstić information content (AvgIpc) is 2.98. The Balaban J connectivity index is 1.70. The van der Waals surface area contributed by atoms with Crippen LogP contribution in [0, 0.1) is 0 Å². The maximum absolute atomic E-state index is 12.0. The summed E-state index contributed by atoms with van der Waals surface area (Å²) in [5, 5.41) is 1.93. The summed E-state index contributed by atoms with van der Waals surface area (Å²) in [5.41, 5.74) is 0. The SMILES string of the molecule is CN(CCCSc1ccncc1)C(=O)c1cccs1. The first-order valence-electron chi connectivity index (χ1n) is 6.09.